The van der Waals surface area contributed by atoms with Crippen LogP contribution in [0.1, 0.15) is 55.9 Å². The van der Waals surface area contributed by atoms with Crippen molar-refractivity contribution in [2.75, 3.05) is 7.05 Å². The summed E-state index contributed by atoms with van der Waals surface area (Å²) in [6.07, 6.45) is 0. The summed E-state index contributed by atoms with van der Waals surface area (Å²) in [6.45, 7) is 3.10. The third-order valence-corrected chi connectivity index (χ3v) is 5.97. The predicted octanol–water partition coefficient (Wildman–Crippen LogP) is 3.97. The normalized spacial score (nSPS) is 16.8. The van der Waals surface area contributed by atoms with Crippen LogP contribution in [0.15, 0.2) is 59.8 Å². The van der Waals surface area contributed by atoms with E-state index < -0.39 is 11.8 Å². The second-order valence-corrected chi connectivity index (χ2v) is 7.98. The van der Waals surface area contributed by atoms with Crippen LogP contribution in [0, 0.1) is 6.92 Å². The number of carbonyl (C=O) groups excluding carboxylic acids is 3. The molecule has 0 radical (unpaired) electrons. The molecule has 1 heterocycles. The van der Waals surface area contributed by atoms with Gasteiger partial charge in [-0.05, 0) is 53.5 Å². The molecule has 0 aromatic heterocycles. The molecule has 1 aliphatic carbocycles. The molecular weight excluding hydrogens is 420 g/mol. The molecule has 3 aromatic carbocycles. The van der Waals surface area contributed by atoms with E-state index in [1.54, 1.807) is 6.07 Å². The average molecular weight is 440 g/mol. The first-order chi connectivity index (χ1) is 15.9. The topological polar surface area (TPSA) is 94.1 Å². The second kappa shape index (κ2) is 7.79. The number of oxime groups is 1. The van der Waals surface area contributed by atoms with Crippen molar-refractivity contribution >= 4 is 23.4 Å². The zero-order valence-electron chi connectivity index (χ0n) is 18.3. The van der Waals surface area contributed by atoms with Crippen LogP contribution in [0.3, 0.4) is 0 Å². The Morgan fingerprint density at radius 2 is 1.79 bits per heavy atom. The number of benzene rings is 3. The Morgan fingerprint density at radius 3 is 2.52 bits per heavy atom. The molecule has 7 heteroatoms. The van der Waals surface area contributed by atoms with Crippen molar-refractivity contribution in [1.82, 2.24) is 5.32 Å². The smallest absolute Gasteiger partial charge is 0.332 e. The lowest BCUT2D eigenvalue weighted by molar-refractivity contribution is -0.141. The third kappa shape index (κ3) is 3.25. The summed E-state index contributed by atoms with van der Waals surface area (Å²) in [5.74, 6) is -1.14. The lowest BCUT2D eigenvalue weighted by atomic mass is 9.94. The summed E-state index contributed by atoms with van der Waals surface area (Å²) in [5, 5.41) is 6.85. The maximum absolute atomic E-state index is 13.2. The van der Waals surface area contributed by atoms with Crippen LogP contribution in [0.2, 0.25) is 0 Å². The van der Waals surface area contributed by atoms with Crippen molar-refractivity contribution < 1.29 is 24.0 Å². The molecule has 7 nitrogen and oxygen atoms in total. The molecule has 3 aromatic rings. The molecular formula is C26H20N2O5. The van der Waals surface area contributed by atoms with Crippen LogP contribution >= 0.6 is 0 Å². The molecule has 0 saturated carbocycles. The standard InChI is InChI=1S/C26H20N2O5/c1-13-6-4-5-7-16(13)23(30)15-8-9-17-20(12-15)21-18(22(17)27-3)10-11-19-24(31)26(32-25(19)21)28-33-14(2)29/h4-12,22,27H,1-3H3/b28-26+. The number of hydrogen-bond donors (Lipinski definition) is 1. The summed E-state index contributed by atoms with van der Waals surface area (Å²) in [4.78, 5) is 41.7. The highest BCUT2D eigenvalue weighted by atomic mass is 16.7. The number of fused-ring (bicyclic) bond motifs is 5. The third-order valence-electron chi connectivity index (χ3n) is 5.97. The van der Waals surface area contributed by atoms with Crippen molar-refractivity contribution in [2.24, 2.45) is 5.16 Å². The molecule has 5 rings (SSSR count). The molecule has 1 unspecified atom stereocenters. The molecule has 1 N–H and O–H groups in total. The highest BCUT2D eigenvalue weighted by Crippen LogP contribution is 2.51. The van der Waals surface area contributed by atoms with E-state index in [1.165, 1.54) is 6.92 Å². The van der Waals surface area contributed by atoms with E-state index in [4.69, 9.17) is 4.74 Å². The monoisotopic (exact) mass is 440 g/mol. The fourth-order valence-electron chi connectivity index (χ4n) is 4.45. The van der Waals surface area contributed by atoms with E-state index in [0.717, 1.165) is 27.8 Å². The number of ether oxygens (including phenoxy) is 1. The minimum Gasteiger partial charge on any atom is -0.432 e. The van der Waals surface area contributed by atoms with E-state index in [0.29, 0.717) is 22.4 Å². The van der Waals surface area contributed by atoms with Crippen LogP contribution in [0.4, 0.5) is 0 Å². The molecule has 0 bridgehead atoms. The summed E-state index contributed by atoms with van der Waals surface area (Å²) in [7, 11) is 1.85. The first-order valence-corrected chi connectivity index (χ1v) is 10.5. The van der Waals surface area contributed by atoms with Crippen molar-refractivity contribution in [1.29, 1.82) is 0 Å². The molecule has 0 spiro atoms. The van der Waals surface area contributed by atoms with Crippen molar-refractivity contribution in [3.8, 4) is 16.9 Å². The lowest BCUT2D eigenvalue weighted by Gasteiger charge is -2.12. The van der Waals surface area contributed by atoms with Gasteiger partial charge in [0.15, 0.2) is 5.78 Å². The summed E-state index contributed by atoms with van der Waals surface area (Å²) < 4.78 is 5.78. The summed E-state index contributed by atoms with van der Waals surface area (Å²) in [5.41, 5.74) is 5.85. The van der Waals surface area contributed by atoms with Crippen molar-refractivity contribution in [3.05, 3.63) is 88.0 Å². The van der Waals surface area contributed by atoms with Gasteiger partial charge in [-0.1, -0.05) is 42.5 Å². The van der Waals surface area contributed by atoms with Gasteiger partial charge in [0.05, 0.1) is 11.6 Å². The lowest BCUT2D eigenvalue weighted by Crippen LogP contribution is -2.15. The maximum atomic E-state index is 13.2. The number of nitrogens with one attached hydrogen (secondary N) is 1. The van der Waals surface area contributed by atoms with Gasteiger partial charge in [0.2, 0.25) is 0 Å². The summed E-state index contributed by atoms with van der Waals surface area (Å²) >= 11 is 0. The molecule has 0 fully saturated rings. The molecule has 2 aliphatic rings. The second-order valence-electron chi connectivity index (χ2n) is 7.98. The quantitative estimate of drug-likeness (QED) is 0.375. The molecule has 33 heavy (non-hydrogen) atoms. The SMILES string of the molecule is CNC1c2ccc(C(=O)c3ccccc3C)cc2-c2c1ccc1c2O/C(=N/OC(C)=O)C1=O. The zero-order valence-corrected chi connectivity index (χ0v) is 18.3. The Balaban J connectivity index is 1.64. The Kier molecular flexibility index (Phi) is 4.91. The number of nitrogens with zero attached hydrogens (tertiary/aromatic N) is 1. The molecule has 1 aliphatic heterocycles. The van der Waals surface area contributed by atoms with E-state index in [9.17, 15) is 14.4 Å². The van der Waals surface area contributed by atoms with Gasteiger partial charge in [-0.2, -0.15) is 0 Å². The average Bonchev–Trinajstić information content (AvgIpc) is 3.31. The van der Waals surface area contributed by atoms with Gasteiger partial charge >= 0.3 is 11.9 Å². The zero-order chi connectivity index (χ0) is 23.3. The first-order valence-electron chi connectivity index (χ1n) is 10.5. The predicted molar refractivity (Wildman–Crippen MR) is 122 cm³/mol. The molecule has 1 atom stereocenters. The van der Waals surface area contributed by atoms with Gasteiger partial charge in [0.25, 0.3) is 5.78 Å². The summed E-state index contributed by atoms with van der Waals surface area (Å²) in [6, 6.07) is 16.5. The Morgan fingerprint density at radius 1 is 1.03 bits per heavy atom. The maximum Gasteiger partial charge on any atom is 0.332 e. The fourth-order valence-corrected chi connectivity index (χ4v) is 4.45. The van der Waals surface area contributed by atoms with Gasteiger partial charge in [0.1, 0.15) is 5.75 Å². The van der Waals surface area contributed by atoms with Gasteiger partial charge in [-0.25, -0.2) is 4.79 Å². The molecule has 0 amide bonds. The van der Waals surface area contributed by atoms with Crippen LogP contribution in [-0.2, 0) is 9.63 Å². The largest absolute Gasteiger partial charge is 0.432 e. The highest BCUT2D eigenvalue weighted by molar-refractivity contribution is 6.47. The Labute approximate surface area is 190 Å². The number of rotatable bonds is 4. The fraction of sp³-hybridized carbons (Fsp3) is 0.154. The van der Waals surface area contributed by atoms with E-state index >= 15 is 0 Å². The van der Waals surface area contributed by atoms with Crippen LogP contribution < -0.4 is 10.1 Å². The van der Waals surface area contributed by atoms with Gasteiger partial charge < -0.3 is 14.9 Å². The minimum absolute atomic E-state index is 0.0768. The van der Waals surface area contributed by atoms with E-state index in [2.05, 4.69) is 15.3 Å². The molecule has 0 saturated heterocycles. The van der Waals surface area contributed by atoms with E-state index in [1.807, 2.05) is 62.5 Å². The van der Waals surface area contributed by atoms with Gasteiger partial charge in [0, 0.05) is 23.6 Å². The van der Waals surface area contributed by atoms with Crippen LogP contribution in [0.25, 0.3) is 11.1 Å². The highest BCUT2D eigenvalue weighted by Gasteiger charge is 2.39. The minimum atomic E-state index is -0.653. The van der Waals surface area contributed by atoms with Crippen molar-refractivity contribution in [3.63, 3.8) is 0 Å². The Bertz CT molecular complexity index is 1390. The van der Waals surface area contributed by atoms with E-state index in [-0.39, 0.29) is 17.7 Å². The Hall–Kier alpha value is -4.10. The van der Waals surface area contributed by atoms with Crippen molar-refractivity contribution in [2.45, 2.75) is 19.9 Å². The molecule has 164 valence electrons. The number of hydrogen-bond acceptors (Lipinski definition) is 7. The van der Waals surface area contributed by atoms with Crippen LogP contribution in [-0.4, -0.2) is 30.5 Å². The number of aryl methyl sites for hydroxylation is 1. The first kappa shape index (κ1) is 20.8. The van der Waals surface area contributed by atoms with Crippen LogP contribution in [0.5, 0.6) is 5.75 Å². The van der Waals surface area contributed by atoms with Gasteiger partial charge in [-0.15, -0.1) is 0 Å². The number of carbonyl (C=O) groups is 3. The number of ketones is 2. The number of Topliss-reactive ketones (excluding diaryl/α,β-unsaturated/α-hetero) is 1. The van der Waals surface area contributed by atoms with Gasteiger partial charge in [-0.3, -0.25) is 9.59 Å².